The summed E-state index contributed by atoms with van der Waals surface area (Å²) in [5, 5.41) is 11.7. The minimum Gasteiger partial charge on any atom is -0.490 e. The third kappa shape index (κ3) is 4.14. The third-order valence-electron chi connectivity index (χ3n) is 3.39. The quantitative estimate of drug-likeness (QED) is 0.417. The van der Waals surface area contributed by atoms with Gasteiger partial charge in [-0.15, -0.1) is 11.3 Å². The van der Waals surface area contributed by atoms with Crippen LogP contribution < -0.4 is 4.74 Å². The summed E-state index contributed by atoms with van der Waals surface area (Å²) in [6.45, 7) is 6.08. The van der Waals surface area contributed by atoms with Crippen molar-refractivity contribution in [1.29, 1.82) is 0 Å². The van der Waals surface area contributed by atoms with Gasteiger partial charge in [0.25, 0.3) is 0 Å². The number of hydrogen-bond acceptors (Lipinski definition) is 7. The van der Waals surface area contributed by atoms with E-state index in [0.29, 0.717) is 22.9 Å². The van der Waals surface area contributed by atoms with Crippen LogP contribution in [0.25, 0.3) is 10.6 Å². The van der Waals surface area contributed by atoms with Crippen molar-refractivity contribution in [1.82, 2.24) is 4.98 Å². The van der Waals surface area contributed by atoms with E-state index in [4.69, 9.17) is 9.47 Å². The van der Waals surface area contributed by atoms with Gasteiger partial charge in [-0.3, -0.25) is 10.1 Å². The molecule has 1 heterocycles. The number of methoxy groups -OCH3 is 1. The third-order valence-corrected chi connectivity index (χ3v) is 4.50. The molecule has 2 aromatic rings. The second-order valence-corrected chi connectivity index (χ2v) is 6.81. The highest BCUT2D eigenvalue weighted by atomic mass is 32.1. The zero-order valence-electron chi connectivity index (χ0n) is 14.6. The Kier molecular flexibility index (Phi) is 6.08. The van der Waals surface area contributed by atoms with Gasteiger partial charge < -0.3 is 9.47 Å². The molecule has 0 unspecified atom stereocenters. The molecule has 0 spiro atoms. The molecule has 0 aliphatic carbocycles. The molecule has 134 valence electrons. The van der Waals surface area contributed by atoms with Crippen molar-refractivity contribution in [3.8, 4) is 16.3 Å². The molecular formula is C17H20N2O5S. The first-order valence-electron chi connectivity index (χ1n) is 7.87. The van der Waals surface area contributed by atoms with Crippen molar-refractivity contribution < 1.29 is 19.2 Å². The van der Waals surface area contributed by atoms with Crippen LogP contribution in [-0.4, -0.2) is 29.6 Å². The molecule has 0 amide bonds. The summed E-state index contributed by atoms with van der Waals surface area (Å²) >= 11 is 1.33. The molecule has 0 saturated heterocycles. The van der Waals surface area contributed by atoms with Gasteiger partial charge in [-0.1, -0.05) is 19.9 Å². The molecule has 0 N–H and O–H groups in total. The average molecular weight is 364 g/mol. The molecule has 0 saturated carbocycles. The molecule has 1 aromatic carbocycles. The predicted molar refractivity (Wildman–Crippen MR) is 95.3 cm³/mol. The normalized spacial score (nSPS) is 10.8. The fourth-order valence-electron chi connectivity index (χ4n) is 2.39. The van der Waals surface area contributed by atoms with Crippen LogP contribution in [0.4, 0.5) is 5.69 Å². The van der Waals surface area contributed by atoms with E-state index >= 15 is 0 Å². The van der Waals surface area contributed by atoms with Crippen molar-refractivity contribution in [2.75, 3.05) is 13.7 Å². The lowest BCUT2D eigenvalue weighted by molar-refractivity contribution is -0.385. The number of aromatic nitrogens is 1. The van der Waals surface area contributed by atoms with Gasteiger partial charge in [0.1, 0.15) is 5.01 Å². The van der Waals surface area contributed by atoms with E-state index in [2.05, 4.69) is 4.98 Å². The number of carbonyl (C=O) groups is 1. The number of hydrogen-bond donors (Lipinski definition) is 0. The minimum absolute atomic E-state index is 0.132. The zero-order chi connectivity index (χ0) is 18.6. The summed E-state index contributed by atoms with van der Waals surface area (Å²) < 4.78 is 10.3. The van der Waals surface area contributed by atoms with Crippen LogP contribution in [0.3, 0.4) is 0 Å². The highest BCUT2D eigenvalue weighted by molar-refractivity contribution is 7.15. The Hall–Kier alpha value is -2.48. The molecule has 0 aliphatic rings. The number of nitro benzene ring substituents is 1. The van der Waals surface area contributed by atoms with E-state index in [-0.39, 0.29) is 23.7 Å². The molecule has 8 heteroatoms. The molecular weight excluding hydrogens is 344 g/mol. The van der Waals surface area contributed by atoms with Crippen molar-refractivity contribution in [2.45, 2.75) is 27.2 Å². The van der Waals surface area contributed by atoms with Crippen LogP contribution in [0, 0.1) is 16.0 Å². The molecule has 2 rings (SSSR count). The summed E-state index contributed by atoms with van der Waals surface area (Å²) in [5.41, 5.74) is 0.615. The van der Waals surface area contributed by atoms with Gasteiger partial charge in [0.15, 0.2) is 5.69 Å². The second-order valence-electron chi connectivity index (χ2n) is 5.72. The van der Waals surface area contributed by atoms with Crippen molar-refractivity contribution in [2.24, 2.45) is 5.92 Å². The van der Waals surface area contributed by atoms with E-state index in [0.717, 1.165) is 4.88 Å². The fourth-order valence-corrected chi connectivity index (χ4v) is 3.67. The van der Waals surface area contributed by atoms with Gasteiger partial charge in [-0.05, 0) is 25.3 Å². The van der Waals surface area contributed by atoms with Crippen LogP contribution in [0.1, 0.15) is 36.1 Å². The largest absolute Gasteiger partial charge is 0.490 e. The lowest BCUT2D eigenvalue weighted by atomic mass is 10.1. The standard InChI is InChI=1S/C17H20N2O5S/c1-5-24-17(20)14-13(9-10(2)3)25-16(18-14)11-7-6-8-12(19(21)22)15(11)23-4/h6-8,10H,5,9H2,1-4H3. The lowest BCUT2D eigenvalue weighted by Gasteiger charge is -2.06. The van der Waals surface area contributed by atoms with Gasteiger partial charge in [0, 0.05) is 10.9 Å². The molecule has 0 bridgehead atoms. The van der Waals surface area contributed by atoms with E-state index in [1.807, 2.05) is 13.8 Å². The molecule has 0 aliphatic heterocycles. The van der Waals surface area contributed by atoms with Crippen molar-refractivity contribution in [3.63, 3.8) is 0 Å². The Balaban J connectivity index is 2.58. The predicted octanol–water partition coefficient (Wildman–Crippen LogP) is 4.10. The Morgan fingerprint density at radius 1 is 1.40 bits per heavy atom. The topological polar surface area (TPSA) is 91.6 Å². The number of carbonyl (C=O) groups excluding carboxylic acids is 1. The highest BCUT2D eigenvalue weighted by Crippen LogP contribution is 2.40. The monoisotopic (exact) mass is 364 g/mol. The summed E-state index contributed by atoms with van der Waals surface area (Å²) in [7, 11) is 1.38. The minimum atomic E-state index is -0.503. The van der Waals surface area contributed by atoms with Gasteiger partial charge in [0.05, 0.1) is 24.2 Å². The Morgan fingerprint density at radius 2 is 2.12 bits per heavy atom. The second kappa shape index (κ2) is 8.06. The number of benzene rings is 1. The molecule has 1 aromatic heterocycles. The summed E-state index contributed by atoms with van der Waals surface area (Å²) in [6.07, 6.45) is 0.670. The number of nitro groups is 1. The SMILES string of the molecule is CCOC(=O)c1nc(-c2cccc([N+](=O)[O-])c2OC)sc1CC(C)C. The fraction of sp³-hybridized carbons (Fsp3) is 0.412. The Morgan fingerprint density at radius 3 is 2.68 bits per heavy atom. The van der Waals surface area contributed by atoms with Gasteiger partial charge in [0.2, 0.25) is 5.75 Å². The maximum absolute atomic E-state index is 12.2. The van der Waals surface area contributed by atoms with Gasteiger partial charge in [-0.25, -0.2) is 9.78 Å². The number of ether oxygens (including phenoxy) is 2. The lowest BCUT2D eigenvalue weighted by Crippen LogP contribution is -2.08. The van der Waals surface area contributed by atoms with Crippen LogP contribution in [0.5, 0.6) is 5.75 Å². The Bertz CT molecular complexity index is 785. The number of nitrogens with zero attached hydrogens (tertiary/aromatic N) is 2. The van der Waals surface area contributed by atoms with Crippen molar-refractivity contribution >= 4 is 23.0 Å². The zero-order valence-corrected chi connectivity index (χ0v) is 15.4. The van der Waals surface area contributed by atoms with Crippen LogP contribution >= 0.6 is 11.3 Å². The smallest absolute Gasteiger partial charge is 0.358 e. The van der Waals surface area contributed by atoms with E-state index in [1.54, 1.807) is 19.1 Å². The summed E-state index contributed by atoms with van der Waals surface area (Å²) in [6, 6.07) is 4.64. The first-order chi connectivity index (χ1) is 11.9. The van der Waals surface area contributed by atoms with E-state index in [9.17, 15) is 14.9 Å². The van der Waals surface area contributed by atoms with E-state index in [1.165, 1.54) is 24.5 Å². The average Bonchev–Trinajstić information content (AvgIpc) is 2.97. The Labute approximate surface area is 149 Å². The number of para-hydroxylation sites is 1. The maximum atomic E-state index is 12.2. The maximum Gasteiger partial charge on any atom is 0.358 e. The summed E-state index contributed by atoms with van der Waals surface area (Å²) in [5.74, 6) is -0.0220. The number of esters is 1. The van der Waals surface area contributed by atoms with Crippen LogP contribution in [0.2, 0.25) is 0 Å². The van der Waals surface area contributed by atoms with Crippen LogP contribution in [0.15, 0.2) is 18.2 Å². The van der Waals surface area contributed by atoms with Gasteiger partial charge >= 0.3 is 11.7 Å². The molecule has 0 fully saturated rings. The molecule has 0 radical (unpaired) electrons. The van der Waals surface area contributed by atoms with Gasteiger partial charge in [-0.2, -0.15) is 0 Å². The van der Waals surface area contributed by atoms with Crippen molar-refractivity contribution in [3.05, 3.63) is 38.9 Å². The first kappa shape index (κ1) is 18.9. The summed E-state index contributed by atoms with van der Waals surface area (Å²) in [4.78, 5) is 28.1. The number of rotatable bonds is 7. The molecule has 7 nitrogen and oxygen atoms in total. The highest BCUT2D eigenvalue weighted by Gasteiger charge is 2.25. The molecule has 0 atom stereocenters. The van der Waals surface area contributed by atoms with Crippen LogP contribution in [-0.2, 0) is 11.2 Å². The number of thiazole rings is 1. The first-order valence-corrected chi connectivity index (χ1v) is 8.69. The molecule has 25 heavy (non-hydrogen) atoms. The van der Waals surface area contributed by atoms with E-state index < -0.39 is 10.9 Å².